The Hall–Kier alpha value is -1.75. The summed E-state index contributed by atoms with van der Waals surface area (Å²) in [5.74, 6) is -0.298. The number of hydrogen-bond donors (Lipinski definition) is 2. The van der Waals surface area contributed by atoms with Gasteiger partial charge in [-0.3, -0.25) is 10.1 Å². The average Bonchev–Trinajstić information content (AvgIpc) is 2.56. The Morgan fingerprint density at radius 3 is 2.50 bits per heavy atom. The van der Waals surface area contributed by atoms with E-state index < -0.39 is 12.0 Å². The summed E-state index contributed by atoms with van der Waals surface area (Å²) < 4.78 is 5.64. The first-order chi connectivity index (χ1) is 11.5. The summed E-state index contributed by atoms with van der Waals surface area (Å²) in [6, 6.07) is 13.7. The van der Waals surface area contributed by atoms with Crippen molar-refractivity contribution in [3.05, 3.63) is 64.1 Å². The summed E-state index contributed by atoms with van der Waals surface area (Å²) in [4.78, 5) is 11.5. The molecule has 0 amide bonds. The Morgan fingerprint density at radius 2 is 1.88 bits per heavy atom. The van der Waals surface area contributed by atoms with Gasteiger partial charge in [0.15, 0.2) is 0 Å². The van der Waals surface area contributed by atoms with Crippen LogP contribution in [-0.2, 0) is 11.2 Å². The molecule has 0 aliphatic heterocycles. The molecule has 2 N–H and O–H groups in total. The molecule has 6 heteroatoms. The van der Waals surface area contributed by atoms with Crippen molar-refractivity contribution in [2.24, 2.45) is 0 Å². The predicted octanol–water partition coefficient (Wildman–Crippen LogP) is 4.05. The molecule has 0 heterocycles. The quantitative estimate of drug-likeness (QED) is 0.738. The summed E-state index contributed by atoms with van der Waals surface area (Å²) >= 11 is 11.8. The number of aliphatic carboxylic acids is 1. The Bertz CT molecular complexity index is 679. The largest absolute Gasteiger partial charge is 0.492 e. The molecule has 2 atom stereocenters. The van der Waals surface area contributed by atoms with Crippen LogP contribution >= 0.6 is 23.2 Å². The predicted molar refractivity (Wildman–Crippen MR) is 96.1 cm³/mol. The number of carbonyl (C=O) groups is 1. The zero-order valence-corrected chi connectivity index (χ0v) is 14.7. The van der Waals surface area contributed by atoms with Crippen molar-refractivity contribution in [2.75, 3.05) is 6.61 Å². The highest BCUT2D eigenvalue weighted by Crippen LogP contribution is 2.26. The van der Waals surface area contributed by atoms with Crippen LogP contribution in [0.15, 0.2) is 48.5 Å². The van der Waals surface area contributed by atoms with Crippen LogP contribution in [0, 0.1) is 0 Å². The van der Waals surface area contributed by atoms with Crippen molar-refractivity contribution in [1.82, 2.24) is 5.32 Å². The summed E-state index contributed by atoms with van der Waals surface area (Å²) in [5, 5.41) is 13.4. The SMILES string of the molecule is CC(COc1ccc(Cl)c(Cl)c1)N[C@H](Cc1ccccc1)C(=O)O. The third-order valence-electron chi connectivity index (χ3n) is 3.46. The highest BCUT2D eigenvalue weighted by molar-refractivity contribution is 6.42. The monoisotopic (exact) mass is 367 g/mol. The molecule has 0 spiro atoms. The van der Waals surface area contributed by atoms with E-state index in [9.17, 15) is 9.90 Å². The lowest BCUT2D eigenvalue weighted by atomic mass is 10.1. The number of nitrogens with one attached hydrogen (secondary N) is 1. The molecule has 2 rings (SSSR count). The van der Waals surface area contributed by atoms with E-state index >= 15 is 0 Å². The molecule has 0 aromatic heterocycles. The van der Waals surface area contributed by atoms with Crippen LogP contribution in [0.5, 0.6) is 5.75 Å². The molecule has 1 unspecified atom stereocenters. The van der Waals surface area contributed by atoms with E-state index in [0.29, 0.717) is 28.8 Å². The minimum absolute atomic E-state index is 0.149. The van der Waals surface area contributed by atoms with Crippen LogP contribution in [0.4, 0.5) is 0 Å². The molecule has 2 aromatic carbocycles. The minimum atomic E-state index is -0.889. The molecule has 0 saturated heterocycles. The average molecular weight is 368 g/mol. The fraction of sp³-hybridized carbons (Fsp3) is 0.278. The second-order valence-corrected chi connectivity index (χ2v) is 6.35. The van der Waals surface area contributed by atoms with Crippen LogP contribution in [-0.4, -0.2) is 29.8 Å². The maximum absolute atomic E-state index is 11.5. The molecule has 2 aromatic rings. The molecule has 0 aliphatic rings. The molecular formula is C18H19Cl2NO3. The van der Waals surface area contributed by atoms with Gasteiger partial charge < -0.3 is 9.84 Å². The molecule has 0 radical (unpaired) electrons. The molecule has 0 saturated carbocycles. The third kappa shape index (κ3) is 5.71. The first-order valence-electron chi connectivity index (χ1n) is 7.56. The fourth-order valence-electron chi connectivity index (χ4n) is 2.25. The fourth-order valence-corrected chi connectivity index (χ4v) is 2.53. The highest BCUT2D eigenvalue weighted by atomic mass is 35.5. The Kier molecular flexibility index (Phi) is 6.91. The topological polar surface area (TPSA) is 58.6 Å². The van der Waals surface area contributed by atoms with Crippen LogP contribution in [0.3, 0.4) is 0 Å². The van der Waals surface area contributed by atoms with Crippen molar-refractivity contribution in [1.29, 1.82) is 0 Å². The molecular weight excluding hydrogens is 349 g/mol. The van der Waals surface area contributed by atoms with E-state index in [2.05, 4.69) is 5.32 Å². The van der Waals surface area contributed by atoms with Gasteiger partial charge in [0.1, 0.15) is 18.4 Å². The van der Waals surface area contributed by atoms with E-state index in [1.54, 1.807) is 18.2 Å². The number of hydrogen-bond acceptors (Lipinski definition) is 3. The number of halogens is 2. The normalized spacial score (nSPS) is 13.3. The Morgan fingerprint density at radius 1 is 1.17 bits per heavy atom. The van der Waals surface area contributed by atoms with E-state index in [4.69, 9.17) is 27.9 Å². The summed E-state index contributed by atoms with van der Waals surface area (Å²) in [7, 11) is 0. The van der Waals surface area contributed by atoms with Gasteiger partial charge in [-0.15, -0.1) is 0 Å². The second kappa shape index (κ2) is 8.92. The molecule has 4 nitrogen and oxygen atoms in total. The van der Waals surface area contributed by atoms with E-state index in [1.807, 2.05) is 37.3 Å². The zero-order chi connectivity index (χ0) is 17.5. The van der Waals surface area contributed by atoms with Crippen LogP contribution in [0.1, 0.15) is 12.5 Å². The lowest BCUT2D eigenvalue weighted by Gasteiger charge is -2.20. The van der Waals surface area contributed by atoms with Gasteiger partial charge >= 0.3 is 5.97 Å². The summed E-state index contributed by atoms with van der Waals surface area (Å²) in [6.07, 6.45) is 0.410. The standard InChI is InChI=1S/C18H19Cl2NO3/c1-12(11-24-14-7-8-15(19)16(20)10-14)21-17(18(22)23)9-13-5-3-2-4-6-13/h2-8,10,12,17,21H,9,11H2,1H3,(H,22,23)/t12?,17-/m1/s1. The first kappa shape index (κ1) is 18.6. The van der Waals surface area contributed by atoms with Gasteiger partial charge in [0.2, 0.25) is 0 Å². The maximum Gasteiger partial charge on any atom is 0.321 e. The Balaban J connectivity index is 1.89. The number of carboxylic acid groups (broad SMARTS) is 1. The number of carboxylic acids is 1. The van der Waals surface area contributed by atoms with Crippen molar-refractivity contribution >= 4 is 29.2 Å². The van der Waals surface area contributed by atoms with Crippen LogP contribution in [0.2, 0.25) is 10.0 Å². The molecule has 0 aliphatic carbocycles. The second-order valence-electron chi connectivity index (χ2n) is 5.54. The molecule has 0 bridgehead atoms. The van der Waals surface area contributed by atoms with Crippen molar-refractivity contribution in [2.45, 2.75) is 25.4 Å². The number of benzene rings is 2. The molecule has 24 heavy (non-hydrogen) atoms. The maximum atomic E-state index is 11.5. The van der Waals surface area contributed by atoms with Crippen molar-refractivity contribution in [3.8, 4) is 5.75 Å². The van der Waals surface area contributed by atoms with Gasteiger partial charge in [-0.05, 0) is 31.0 Å². The lowest BCUT2D eigenvalue weighted by molar-refractivity contribution is -0.139. The highest BCUT2D eigenvalue weighted by Gasteiger charge is 2.20. The van der Waals surface area contributed by atoms with Gasteiger partial charge in [0.05, 0.1) is 10.0 Å². The first-order valence-corrected chi connectivity index (χ1v) is 8.32. The van der Waals surface area contributed by atoms with E-state index in [0.717, 1.165) is 5.56 Å². The molecule has 0 fully saturated rings. The van der Waals surface area contributed by atoms with Crippen molar-refractivity contribution in [3.63, 3.8) is 0 Å². The van der Waals surface area contributed by atoms with Gasteiger partial charge in [0.25, 0.3) is 0 Å². The Labute approximate surface area is 151 Å². The van der Waals surface area contributed by atoms with Gasteiger partial charge in [-0.2, -0.15) is 0 Å². The summed E-state index contributed by atoms with van der Waals surface area (Å²) in [6.45, 7) is 2.19. The number of ether oxygens (including phenoxy) is 1. The minimum Gasteiger partial charge on any atom is -0.492 e. The van der Waals surface area contributed by atoms with E-state index in [-0.39, 0.29) is 6.04 Å². The smallest absolute Gasteiger partial charge is 0.321 e. The zero-order valence-electron chi connectivity index (χ0n) is 13.2. The number of rotatable bonds is 8. The van der Waals surface area contributed by atoms with Gasteiger partial charge in [-0.1, -0.05) is 53.5 Å². The summed E-state index contributed by atoms with van der Waals surface area (Å²) in [5.41, 5.74) is 0.968. The van der Waals surface area contributed by atoms with E-state index in [1.165, 1.54) is 0 Å². The van der Waals surface area contributed by atoms with Gasteiger partial charge in [0, 0.05) is 12.1 Å². The van der Waals surface area contributed by atoms with Gasteiger partial charge in [-0.25, -0.2) is 0 Å². The third-order valence-corrected chi connectivity index (χ3v) is 4.20. The van der Waals surface area contributed by atoms with Crippen LogP contribution < -0.4 is 10.1 Å². The van der Waals surface area contributed by atoms with Crippen LogP contribution in [0.25, 0.3) is 0 Å². The van der Waals surface area contributed by atoms with Crippen molar-refractivity contribution < 1.29 is 14.6 Å². The lowest BCUT2D eigenvalue weighted by Crippen LogP contribution is -2.45. The molecule has 128 valence electrons.